The molecule has 1 saturated carbocycles. The Morgan fingerprint density at radius 2 is 1.94 bits per heavy atom. The van der Waals surface area contributed by atoms with Crippen LogP contribution in [-0.4, -0.2) is 32.6 Å². The summed E-state index contributed by atoms with van der Waals surface area (Å²) in [6, 6.07) is 16.2. The van der Waals surface area contributed by atoms with Crippen molar-refractivity contribution < 1.29 is 14.2 Å². The predicted octanol–water partition coefficient (Wildman–Crippen LogP) is 4.45. The number of benzene rings is 2. The summed E-state index contributed by atoms with van der Waals surface area (Å²) in [4.78, 5) is 4.67. The molecule has 3 N–H and O–H groups in total. The van der Waals surface area contributed by atoms with E-state index in [4.69, 9.17) is 10.5 Å². The van der Waals surface area contributed by atoms with Crippen molar-refractivity contribution in [3.05, 3.63) is 59.9 Å². The smallest absolute Gasteiger partial charge is 0.140 e. The zero-order valence-electron chi connectivity index (χ0n) is 18.2. The lowest BCUT2D eigenvalue weighted by Crippen LogP contribution is -2.42. The number of hydrogen-bond donors (Lipinski definition) is 2. The number of ether oxygens (including phenoxy) is 1. The van der Waals surface area contributed by atoms with E-state index in [2.05, 4.69) is 16.2 Å². The molecule has 2 heterocycles. The van der Waals surface area contributed by atoms with Crippen LogP contribution in [-0.2, 0) is 0 Å². The molecule has 33 heavy (non-hydrogen) atoms. The molecule has 0 bridgehead atoms. The van der Waals surface area contributed by atoms with E-state index in [0.717, 1.165) is 5.56 Å². The second-order valence-electron chi connectivity index (χ2n) is 8.65. The Balaban J connectivity index is 1.68. The highest BCUT2D eigenvalue weighted by molar-refractivity contribution is 5.92. The van der Waals surface area contributed by atoms with Crippen LogP contribution in [0.25, 0.3) is 33.4 Å². The molecule has 2 aromatic heterocycles. The van der Waals surface area contributed by atoms with Crippen LogP contribution in [0, 0.1) is 17.1 Å². The number of methoxy groups -OCH3 is 1. The maximum absolute atomic E-state index is 15.3. The van der Waals surface area contributed by atoms with Gasteiger partial charge in [0.25, 0.3) is 0 Å². The average Bonchev–Trinajstić information content (AvgIpc) is 3.12. The van der Waals surface area contributed by atoms with Gasteiger partial charge < -0.3 is 15.6 Å². The molecule has 0 saturated heterocycles. The van der Waals surface area contributed by atoms with Gasteiger partial charge in [-0.15, -0.1) is 0 Å². The molecular weight excluding hydrogens is 421 g/mol. The fourth-order valence-electron chi connectivity index (χ4n) is 4.50. The van der Waals surface area contributed by atoms with Crippen LogP contribution in [0.15, 0.2) is 48.5 Å². The summed E-state index contributed by atoms with van der Waals surface area (Å²) in [5.74, 6) is 0.0392. The second-order valence-corrected chi connectivity index (χ2v) is 8.65. The summed E-state index contributed by atoms with van der Waals surface area (Å²) < 4.78 is 22.3. The monoisotopic (exact) mass is 443 g/mol. The van der Waals surface area contributed by atoms with Gasteiger partial charge in [0.05, 0.1) is 35.3 Å². The maximum Gasteiger partial charge on any atom is 0.140 e. The zero-order chi connectivity index (χ0) is 23.3. The Bertz CT molecular complexity index is 1410. The largest absolute Gasteiger partial charge is 0.496 e. The van der Waals surface area contributed by atoms with Crippen LogP contribution in [0.4, 0.5) is 10.2 Å². The summed E-state index contributed by atoms with van der Waals surface area (Å²) in [6.45, 7) is 1.75. The molecule has 1 aliphatic rings. The van der Waals surface area contributed by atoms with Gasteiger partial charge in [-0.3, -0.25) is 0 Å². The Morgan fingerprint density at radius 1 is 1.21 bits per heavy atom. The number of aliphatic hydroxyl groups is 1. The van der Waals surface area contributed by atoms with Gasteiger partial charge in [-0.25, -0.2) is 14.1 Å². The third kappa shape index (κ3) is 3.47. The minimum absolute atomic E-state index is 0.117. The van der Waals surface area contributed by atoms with E-state index in [0.29, 0.717) is 35.4 Å². The average molecular weight is 443 g/mol. The lowest BCUT2D eigenvalue weighted by Gasteiger charge is -2.41. The molecule has 1 fully saturated rings. The number of nitrogen functional groups attached to an aromatic ring is 1. The summed E-state index contributed by atoms with van der Waals surface area (Å²) >= 11 is 0. The first-order valence-corrected chi connectivity index (χ1v) is 10.6. The number of nitriles is 1. The second kappa shape index (κ2) is 7.57. The van der Waals surface area contributed by atoms with E-state index < -0.39 is 11.4 Å². The molecule has 166 valence electrons. The Hall–Kier alpha value is -3.96. The van der Waals surface area contributed by atoms with E-state index in [1.807, 2.05) is 30.3 Å². The first-order chi connectivity index (χ1) is 15.8. The molecule has 0 spiro atoms. The minimum atomic E-state index is -0.778. The molecule has 0 atom stereocenters. The SMILES string of the molecule is COc1cc(-c2ccccc2)nc2cc(-c3nn(C4CC(C)(O)C4)c(N)c3C#N)cc(F)c12. The van der Waals surface area contributed by atoms with Crippen molar-refractivity contribution >= 4 is 16.7 Å². The molecule has 5 rings (SSSR count). The van der Waals surface area contributed by atoms with Gasteiger partial charge in [-0.05, 0) is 31.9 Å². The van der Waals surface area contributed by atoms with Crippen LogP contribution < -0.4 is 10.5 Å². The van der Waals surface area contributed by atoms with Gasteiger partial charge >= 0.3 is 0 Å². The Morgan fingerprint density at radius 3 is 2.58 bits per heavy atom. The summed E-state index contributed by atoms with van der Waals surface area (Å²) in [5.41, 5.74) is 8.18. The van der Waals surface area contributed by atoms with Crippen molar-refractivity contribution in [1.82, 2.24) is 14.8 Å². The number of nitrogens with two attached hydrogens (primary N) is 1. The summed E-state index contributed by atoms with van der Waals surface area (Å²) in [7, 11) is 1.49. The molecule has 2 aromatic carbocycles. The molecule has 8 heteroatoms. The number of fused-ring (bicyclic) bond motifs is 1. The van der Waals surface area contributed by atoms with Crippen molar-refractivity contribution in [3.63, 3.8) is 0 Å². The highest BCUT2D eigenvalue weighted by atomic mass is 19.1. The van der Waals surface area contributed by atoms with Crippen LogP contribution in [0.5, 0.6) is 5.75 Å². The third-order valence-electron chi connectivity index (χ3n) is 6.14. The number of hydrogen-bond acceptors (Lipinski definition) is 6. The minimum Gasteiger partial charge on any atom is -0.496 e. The molecule has 0 radical (unpaired) electrons. The zero-order valence-corrected chi connectivity index (χ0v) is 18.2. The fourth-order valence-corrected chi connectivity index (χ4v) is 4.50. The van der Waals surface area contributed by atoms with E-state index in [9.17, 15) is 10.4 Å². The highest BCUT2D eigenvalue weighted by Crippen LogP contribution is 2.43. The van der Waals surface area contributed by atoms with Gasteiger partial charge in [-0.1, -0.05) is 30.3 Å². The van der Waals surface area contributed by atoms with Crippen molar-refractivity contribution in [3.8, 4) is 34.3 Å². The van der Waals surface area contributed by atoms with Crippen molar-refractivity contribution in [1.29, 1.82) is 5.26 Å². The van der Waals surface area contributed by atoms with Gasteiger partial charge in [-0.2, -0.15) is 10.4 Å². The summed E-state index contributed by atoms with van der Waals surface area (Å²) in [5, 5.41) is 24.6. The van der Waals surface area contributed by atoms with E-state index in [1.165, 1.54) is 13.2 Å². The lowest BCUT2D eigenvalue weighted by molar-refractivity contribution is -0.0535. The van der Waals surface area contributed by atoms with Crippen LogP contribution >= 0.6 is 0 Å². The standard InChI is InChI=1S/C25H22FN5O2/c1-25(32)11-16(12-25)31-24(28)17(13-27)23(30-31)15-8-18(26)22-20(9-15)29-19(10-21(22)33-2)14-6-4-3-5-7-14/h3-10,16,32H,11-12,28H2,1-2H3. The molecule has 0 aliphatic heterocycles. The molecule has 4 aromatic rings. The number of halogens is 1. The van der Waals surface area contributed by atoms with Gasteiger partial charge in [0.2, 0.25) is 0 Å². The third-order valence-corrected chi connectivity index (χ3v) is 6.14. The van der Waals surface area contributed by atoms with Crippen LogP contribution in [0.2, 0.25) is 0 Å². The first-order valence-electron chi connectivity index (χ1n) is 10.6. The maximum atomic E-state index is 15.3. The number of anilines is 1. The predicted molar refractivity (Wildman–Crippen MR) is 123 cm³/mol. The molecule has 0 amide bonds. The van der Waals surface area contributed by atoms with Crippen molar-refractivity contribution in [2.45, 2.75) is 31.4 Å². The number of nitrogens with zero attached hydrogens (tertiary/aromatic N) is 4. The molecular formula is C25H22FN5O2. The van der Waals surface area contributed by atoms with Crippen LogP contribution in [0.3, 0.4) is 0 Å². The van der Waals surface area contributed by atoms with E-state index in [1.54, 1.807) is 23.7 Å². The number of pyridine rings is 1. The van der Waals surface area contributed by atoms with Gasteiger partial charge in [0.1, 0.15) is 34.7 Å². The summed E-state index contributed by atoms with van der Waals surface area (Å²) in [6.07, 6.45) is 0.961. The topological polar surface area (TPSA) is 110 Å². The normalized spacial score (nSPS) is 19.8. The Labute approximate surface area is 189 Å². The highest BCUT2D eigenvalue weighted by Gasteiger charge is 2.41. The molecule has 0 unspecified atom stereocenters. The van der Waals surface area contributed by atoms with Gasteiger partial charge in [0, 0.05) is 17.2 Å². The number of aromatic nitrogens is 3. The van der Waals surface area contributed by atoms with E-state index in [-0.39, 0.29) is 28.5 Å². The van der Waals surface area contributed by atoms with E-state index >= 15 is 4.39 Å². The quantitative estimate of drug-likeness (QED) is 0.482. The first kappa shape index (κ1) is 20.9. The molecule has 1 aliphatic carbocycles. The van der Waals surface area contributed by atoms with Crippen LogP contribution in [0.1, 0.15) is 31.4 Å². The Kier molecular flexibility index (Phi) is 4.80. The lowest BCUT2D eigenvalue weighted by atomic mass is 9.77. The van der Waals surface area contributed by atoms with Crippen molar-refractivity contribution in [2.75, 3.05) is 12.8 Å². The van der Waals surface area contributed by atoms with Gasteiger partial charge in [0.15, 0.2) is 0 Å². The fraction of sp³-hybridized carbons (Fsp3) is 0.240. The van der Waals surface area contributed by atoms with Crippen molar-refractivity contribution in [2.24, 2.45) is 0 Å². The number of rotatable bonds is 4. The molecule has 7 nitrogen and oxygen atoms in total.